The lowest BCUT2D eigenvalue weighted by atomic mass is 9.97. The molecule has 1 N–H and O–H groups in total. The van der Waals surface area contributed by atoms with E-state index in [0.717, 1.165) is 11.3 Å². The largest absolute Gasteiger partial charge is 0.497 e. The highest BCUT2D eigenvalue weighted by Crippen LogP contribution is 2.27. The minimum atomic E-state index is -0.420. The van der Waals surface area contributed by atoms with Crippen LogP contribution in [0.4, 0.5) is 4.39 Å². The van der Waals surface area contributed by atoms with Crippen molar-refractivity contribution >= 4 is 23.5 Å². The van der Waals surface area contributed by atoms with Crippen LogP contribution in [0, 0.1) is 11.7 Å². The van der Waals surface area contributed by atoms with Crippen molar-refractivity contribution in [3.63, 3.8) is 0 Å². The zero-order chi connectivity index (χ0) is 27.9. The predicted octanol–water partition coefficient (Wildman–Crippen LogP) is 4.22. The smallest absolute Gasteiger partial charge is 0.309 e. The number of halogens is 1. The molecule has 1 saturated heterocycles. The third-order valence-electron chi connectivity index (χ3n) is 7.11. The van der Waals surface area contributed by atoms with Crippen molar-refractivity contribution in [3.8, 4) is 5.75 Å². The summed E-state index contributed by atoms with van der Waals surface area (Å²) < 4.78 is 25.6. The Kier molecular flexibility index (Phi) is 9.22. The van der Waals surface area contributed by atoms with Crippen molar-refractivity contribution in [1.29, 1.82) is 0 Å². The maximum absolute atomic E-state index is 15.1. The Bertz CT molecular complexity index is 1250. The summed E-state index contributed by atoms with van der Waals surface area (Å²) in [5.74, 6) is 0.366. The summed E-state index contributed by atoms with van der Waals surface area (Å²) in [6.07, 6.45) is 1.29. The minimum absolute atomic E-state index is 0.106. The molecule has 2 aromatic carbocycles. The third-order valence-corrected chi connectivity index (χ3v) is 7.11. The molecule has 0 saturated carbocycles. The SMILES string of the molecule is CCOC(=O)C1CCN(C2=NCC(C(=O)N(Cc3cccc(OC)c3)C(C)C)=C(c3ccccc3F)N2)CC1. The van der Waals surface area contributed by atoms with Gasteiger partial charge in [-0.15, -0.1) is 0 Å². The summed E-state index contributed by atoms with van der Waals surface area (Å²) in [5, 5.41) is 3.29. The number of benzene rings is 2. The highest BCUT2D eigenvalue weighted by atomic mass is 19.1. The number of aliphatic imine (C=N–C) groups is 1. The van der Waals surface area contributed by atoms with Crippen LogP contribution in [0.5, 0.6) is 5.75 Å². The van der Waals surface area contributed by atoms with Crippen molar-refractivity contribution in [2.75, 3.05) is 33.4 Å². The van der Waals surface area contributed by atoms with Gasteiger partial charge in [-0.1, -0.05) is 24.3 Å². The number of hydrogen-bond acceptors (Lipinski definition) is 7. The number of carbonyl (C=O) groups is 2. The van der Waals surface area contributed by atoms with Gasteiger partial charge in [0, 0.05) is 31.2 Å². The first-order chi connectivity index (χ1) is 18.8. The van der Waals surface area contributed by atoms with Gasteiger partial charge < -0.3 is 24.6 Å². The van der Waals surface area contributed by atoms with Gasteiger partial charge in [-0.05, 0) is 63.4 Å². The molecule has 0 spiro atoms. The van der Waals surface area contributed by atoms with E-state index in [0.29, 0.717) is 61.9 Å². The number of piperidine rings is 1. The van der Waals surface area contributed by atoms with E-state index in [2.05, 4.69) is 5.32 Å². The topological polar surface area (TPSA) is 83.5 Å². The molecule has 0 bridgehead atoms. The van der Waals surface area contributed by atoms with E-state index >= 15 is 4.39 Å². The lowest BCUT2D eigenvalue weighted by molar-refractivity contribution is -0.149. The van der Waals surface area contributed by atoms with E-state index < -0.39 is 5.82 Å². The maximum atomic E-state index is 15.1. The Morgan fingerprint density at radius 3 is 2.56 bits per heavy atom. The molecule has 0 atom stereocenters. The zero-order valence-electron chi connectivity index (χ0n) is 23.1. The lowest BCUT2D eigenvalue weighted by Gasteiger charge is -2.36. The molecule has 2 aliphatic heterocycles. The van der Waals surface area contributed by atoms with Crippen molar-refractivity contribution < 1.29 is 23.5 Å². The van der Waals surface area contributed by atoms with E-state index in [1.54, 1.807) is 37.1 Å². The fourth-order valence-electron chi connectivity index (χ4n) is 4.92. The summed E-state index contributed by atoms with van der Waals surface area (Å²) in [4.78, 5) is 34.7. The number of hydrogen-bond donors (Lipinski definition) is 1. The molecular formula is C30H37FN4O4. The number of esters is 1. The molecule has 2 heterocycles. The Balaban J connectivity index is 1.60. The second kappa shape index (κ2) is 12.8. The Labute approximate surface area is 229 Å². The molecule has 9 heteroatoms. The monoisotopic (exact) mass is 536 g/mol. The van der Waals surface area contributed by atoms with Crippen LogP contribution < -0.4 is 10.1 Å². The minimum Gasteiger partial charge on any atom is -0.497 e. The van der Waals surface area contributed by atoms with Crippen LogP contribution in [0.15, 0.2) is 59.1 Å². The van der Waals surface area contributed by atoms with Crippen LogP contribution in [-0.4, -0.2) is 67.0 Å². The maximum Gasteiger partial charge on any atom is 0.309 e. The molecule has 0 aromatic heterocycles. The number of carbonyl (C=O) groups excluding carboxylic acids is 2. The third kappa shape index (κ3) is 6.58. The summed E-state index contributed by atoms with van der Waals surface area (Å²) in [6, 6.07) is 13.9. The number of likely N-dealkylation sites (tertiary alicyclic amines) is 1. The quantitative estimate of drug-likeness (QED) is 0.509. The lowest BCUT2D eigenvalue weighted by Crippen LogP contribution is -2.49. The second-order valence-electron chi connectivity index (χ2n) is 9.99. The van der Waals surface area contributed by atoms with Crippen molar-refractivity contribution in [2.45, 2.75) is 46.2 Å². The van der Waals surface area contributed by atoms with Gasteiger partial charge in [0.25, 0.3) is 5.91 Å². The molecule has 2 aromatic rings. The number of nitrogens with one attached hydrogen (secondary N) is 1. The number of rotatable bonds is 8. The second-order valence-corrected chi connectivity index (χ2v) is 9.99. The fourth-order valence-corrected chi connectivity index (χ4v) is 4.92. The van der Waals surface area contributed by atoms with Gasteiger partial charge in [0.15, 0.2) is 5.96 Å². The van der Waals surface area contributed by atoms with E-state index in [1.165, 1.54) is 6.07 Å². The zero-order valence-corrected chi connectivity index (χ0v) is 23.1. The molecule has 0 radical (unpaired) electrons. The van der Waals surface area contributed by atoms with Gasteiger partial charge in [0.2, 0.25) is 0 Å². The van der Waals surface area contributed by atoms with Crippen LogP contribution >= 0.6 is 0 Å². The van der Waals surface area contributed by atoms with Crippen LogP contribution in [0.3, 0.4) is 0 Å². The van der Waals surface area contributed by atoms with E-state index in [1.807, 2.05) is 43.0 Å². The van der Waals surface area contributed by atoms with Crippen molar-refractivity contribution in [1.82, 2.24) is 15.1 Å². The first kappa shape index (κ1) is 28.1. The molecule has 0 aliphatic carbocycles. The molecule has 0 unspecified atom stereocenters. The average molecular weight is 537 g/mol. The van der Waals surface area contributed by atoms with Gasteiger partial charge in [0.1, 0.15) is 11.6 Å². The number of methoxy groups -OCH3 is 1. The first-order valence-corrected chi connectivity index (χ1v) is 13.5. The predicted molar refractivity (Wildman–Crippen MR) is 148 cm³/mol. The van der Waals surface area contributed by atoms with Gasteiger partial charge in [0.05, 0.1) is 37.4 Å². The van der Waals surface area contributed by atoms with Crippen LogP contribution in [-0.2, 0) is 20.9 Å². The van der Waals surface area contributed by atoms with Crippen molar-refractivity contribution in [3.05, 3.63) is 71.0 Å². The van der Waals surface area contributed by atoms with Gasteiger partial charge in [-0.2, -0.15) is 0 Å². The molecule has 8 nitrogen and oxygen atoms in total. The van der Waals surface area contributed by atoms with Gasteiger partial charge in [-0.3, -0.25) is 9.59 Å². The normalized spacial score (nSPS) is 16.1. The Hall–Kier alpha value is -3.88. The molecular weight excluding hydrogens is 499 g/mol. The summed E-state index contributed by atoms with van der Waals surface area (Å²) in [7, 11) is 1.61. The van der Waals surface area contributed by atoms with Crippen LogP contribution in [0.25, 0.3) is 5.70 Å². The number of guanidine groups is 1. The Morgan fingerprint density at radius 2 is 1.90 bits per heavy atom. The standard InChI is InChI=1S/C30H37FN4O4/c1-5-39-29(37)22-13-15-34(16-14-22)30-32-18-25(27(33-30)24-11-6-7-12-26(24)31)28(36)35(20(2)3)19-21-9-8-10-23(17-21)38-4/h6-12,17,20,22H,5,13-16,18-19H2,1-4H3,(H,32,33). The number of ether oxygens (including phenoxy) is 2. The van der Waals surface area contributed by atoms with E-state index in [4.69, 9.17) is 14.5 Å². The summed E-state index contributed by atoms with van der Waals surface area (Å²) in [5.41, 5.74) is 2.08. The Morgan fingerprint density at radius 1 is 1.15 bits per heavy atom. The number of amides is 1. The number of nitrogens with zero attached hydrogens (tertiary/aromatic N) is 3. The first-order valence-electron chi connectivity index (χ1n) is 13.5. The van der Waals surface area contributed by atoms with E-state index in [9.17, 15) is 9.59 Å². The van der Waals surface area contributed by atoms with Gasteiger partial charge in [-0.25, -0.2) is 9.38 Å². The summed E-state index contributed by atoms with van der Waals surface area (Å²) >= 11 is 0. The molecule has 1 amide bonds. The highest BCUT2D eigenvalue weighted by molar-refractivity contribution is 6.06. The van der Waals surface area contributed by atoms with E-state index in [-0.39, 0.29) is 30.4 Å². The summed E-state index contributed by atoms with van der Waals surface area (Å²) in [6.45, 7) is 7.80. The fraction of sp³-hybridized carbons (Fsp3) is 0.433. The van der Waals surface area contributed by atoms with Crippen molar-refractivity contribution in [2.24, 2.45) is 10.9 Å². The molecule has 2 aliphatic rings. The molecule has 1 fully saturated rings. The van der Waals surface area contributed by atoms with Gasteiger partial charge >= 0.3 is 5.97 Å². The average Bonchev–Trinajstić information content (AvgIpc) is 2.95. The molecule has 4 rings (SSSR count). The van der Waals surface area contributed by atoms with Crippen LogP contribution in [0.2, 0.25) is 0 Å². The van der Waals surface area contributed by atoms with Crippen LogP contribution in [0.1, 0.15) is 44.7 Å². The molecule has 208 valence electrons. The molecule has 39 heavy (non-hydrogen) atoms. The highest BCUT2D eigenvalue weighted by Gasteiger charge is 2.32.